The number of nitrogens with two attached hydrogens (primary N) is 1. The summed E-state index contributed by atoms with van der Waals surface area (Å²) in [4.78, 5) is 6.72. The number of anilines is 1. The van der Waals surface area contributed by atoms with Gasteiger partial charge in [0.1, 0.15) is 0 Å². The highest BCUT2D eigenvalue weighted by atomic mass is 15.1. The largest absolute Gasteiger partial charge is 0.366 e. The van der Waals surface area contributed by atoms with E-state index in [1.54, 1.807) is 0 Å². The lowest BCUT2D eigenvalue weighted by Gasteiger charge is -2.23. The predicted octanol–water partition coefficient (Wildman–Crippen LogP) is 3.13. The molecule has 1 atom stereocenters. The minimum atomic E-state index is -0.0155. The van der Waals surface area contributed by atoms with Crippen LogP contribution in [0.3, 0.4) is 0 Å². The van der Waals surface area contributed by atoms with Gasteiger partial charge in [0.2, 0.25) is 0 Å². The van der Waals surface area contributed by atoms with Crippen LogP contribution in [0, 0.1) is 0 Å². The Morgan fingerprint density at radius 3 is 2.42 bits per heavy atom. The molecule has 0 saturated heterocycles. The van der Waals surface area contributed by atoms with Crippen LogP contribution in [0.1, 0.15) is 31.1 Å². The molecule has 0 aliphatic carbocycles. The lowest BCUT2D eigenvalue weighted by molar-refractivity contribution is 0.774. The van der Waals surface area contributed by atoms with Crippen molar-refractivity contribution >= 4 is 5.69 Å². The second-order valence-electron chi connectivity index (χ2n) is 4.73. The van der Waals surface area contributed by atoms with E-state index < -0.39 is 0 Å². The van der Waals surface area contributed by atoms with Crippen molar-refractivity contribution < 1.29 is 0 Å². The second-order valence-corrected chi connectivity index (χ2v) is 4.73. The number of pyridine rings is 1. The SMILES string of the molecule is CCN(Cc1ccccc1)c1ccc([C@H](C)N)nc1. The molecule has 2 N–H and O–H groups in total. The van der Waals surface area contributed by atoms with Gasteiger partial charge in [-0.3, -0.25) is 4.98 Å². The molecule has 3 heteroatoms. The van der Waals surface area contributed by atoms with Crippen LogP contribution in [0.15, 0.2) is 48.7 Å². The van der Waals surface area contributed by atoms with Crippen molar-refractivity contribution in [3.05, 3.63) is 59.9 Å². The van der Waals surface area contributed by atoms with Crippen LogP contribution in [0.2, 0.25) is 0 Å². The van der Waals surface area contributed by atoms with Crippen LogP contribution in [-0.4, -0.2) is 11.5 Å². The fraction of sp³-hybridized carbons (Fsp3) is 0.312. The molecule has 19 heavy (non-hydrogen) atoms. The van der Waals surface area contributed by atoms with Crippen LogP contribution in [0.5, 0.6) is 0 Å². The number of aromatic nitrogens is 1. The van der Waals surface area contributed by atoms with Gasteiger partial charge in [-0.15, -0.1) is 0 Å². The van der Waals surface area contributed by atoms with Gasteiger partial charge in [0.05, 0.1) is 17.6 Å². The first-order chi connectivity index (χ1) is 9.20. The third-order valence-corrected chi connectivity index (χ3v) is 3.20. The maximum absolute atomic E-state index is 5.82. The van der Waals surface area contributed by atoms with Crippen LogP contribution < -0.4 is 10.6 Å². The van der Waals surface area contributed by atoms with Crippen molar-refractivity contribution in [1.29, 1.82) is 0 Å². The molecule has 0 aliphatic heterocycles. The Balaban J connectivity index is 2.13. The van der Waals surface area contributed by atoms with Crippen molar-refractivity contribution in [2.45, 2.75) is 26.4 Å². The van der Waals surface area contributed by atoms with Gasteiger partial charge in [-0.05, 0) is 31.5 Å². The topological polar surface area (TPSA) is 42.1 Å². The highest BCUT2D eigenvalue weighted by Gasteiger charge is 2.07. The van der Waals surface area contributed by atoms with E-state index in [2.05, 4.69) is 47.1 Å². The van der Waals surface area contributed by atoms with Crippen LogP contribution >= 0.6 is 0 Å². The van der Waals surface area contributed by atoms with Gasteiger partial charge in [-0.2, -0.15) is 0 Å². The summed E-state index contributed by atoms with van der Waals surface area (Å²) in [5, 5.41) is 0. The molecule has 1 aromatic heterocycles. The molecule has 0 bridgehead atoms. The smallest absolute Gasteiger partial charge is 0.0569 e. The summed E-state index contributed by atoms with van der Waals surface area (Å²) in [5.41, 5.74) is 9.19. The van der Waals surface area contributed by atoms with E-state index in [0.717, 1.165) is 24.5 Å². The molecule has 0 aliphatic rings. The minimum Gasteiger partial charge on any atom is -0.366 e. The van der Waals surface area contributed by atoms with Crippen molar-refractivity contribution in [3.8, 4) is 0 Å². The monoisotopic (exact) mass is 255 g/mol. The van der Waals surface area contributed by atoms with E-state index in [4.69, 9.17) is 5.73 Å². The van der Waals surface area contributed by atoms with Gasteiger partial charge in [0, 0.05) is 19.1 Å². The quantitative estimate of drug-likeness (QED) is 0.892. The van der Waals surface area contributed by atoms with Gasteiger partial charge in [0.25, 0.3) is 0 Å². The Kier molecular flexibility index (Phi) is 4.53. The number of hydrogen-bond acceptors (Lipinski definition) is 3. The normalized spacial score (nSPS) is 12.2. The summed E-state index contributed by atoms with van der Waals surface area (Å²) in [7, 11) is 0. The molecular formula is C16H21N3. The Bertz CT molecular complexity index is 491. The molecule has 3 nitrogen and oxygen atoms in total. The molecule has 0 unspecified atom stereocenters. The maximum atomic E-state index is 5.82. The van der Waals surface area contributed by atoms with Crippen molar-refractivity contribution in [2.75, 3.05) is 11.4 Å². The lowest BCUT2D eigenvalue weighted by Crippen LogP contribution is -2.22. The molecule has 0 saturated carbocycles. The zero-order chi connectivity index (χ0) is 13.7. The van der Waals surface area contributed by atoms with E-state index in [1.807, 2.05) is 25.3 Å². The van der Waals surface area contributed by atoms with Gasteiger partial charge in [-0.25, -0.2) is 0 Å². The summed E-state index contributed by atoms with van der Waals surface area (Å²) in [6, 6.07) is 14.6. The van der Waals surface area contributed by atoms with E-state index in [0.29, 0.717) is 0 Å². The van der Waals surface area contributed by atoms with Crippen molar-refractivity contribution in [2.24, 2.45) is 5.73 Å². The van der Waals surface area contributed by atoms with E-state index in [9.17, 15) is 0 Å². The number of nitrogens with zero attached hydrogens (tertiary/aromatic N) is 2. The Morgan fingerprint density at radius 1 is 1.16 bits per heavy atom. The standard InChI is InChI=1S/C16H21N3/c1-3-19(12-14-7-5-4-6-8-14)15-9-10-16(13(2)17)18-11-15/h4-11,13H,3,12,17H2,1-2H3/t13-/m0/s1. The molecule has 0 radical (unpaired) electrons. The van der Waals surface area contributed by atoms with E-state index in [1.165, 1.54) is 5.56 Å². The van der Waals surface area contributed by atoms with E-state index >= 15 is 0 Å². The number of benzene rings is 1. The second kappa shape index (κ2) is 6.34. The van der Waals surface area contributed by atoms with Gasteiger partial charge in [-0.1, -0.05) is 30.3 Å². The summed E-state index contributed by atoms with van der Waals surface area (Å²) < 4.78 is 0. The Morgan fingerprint density at radius 2 is 1.89 bits per heavy atom. The molecule has 0 fully saturated rings. The van der Waals surface area contributed by atoms with Gasteiger partial charge >= 0.3 is 0 Å². The first-order valence-corrected chi connectivity index (χ1v) is 6.71. The molecule has 1 aromatic carbocycles. The summed E-state index contributed by atoms with van der Waals surface area (Å²) >= 11 is 0. The van der Waals surface area contributed by atoms with Crippen molar-refractivity contribution in [3.63, 3.8) is 0 Å². The molecule has 100 valence electrons. The summed E-state index contributed by atoms with van der Waals surface area (Å²) in [6.45, 7) is 5.95. The molecule has 2 rings (SSSR count). The Hall–Kier alpha value is -1.87. The van der Waals surface area contributed by atoms with Gasteiger partial charge in [0.15, 0.2) is 0 Å². The minimum absolute atomic E-state index is 0.0155. The Labute approximate surface area is 115 Å². The molecule has 1 heterocycles. The molecule has 0 spiro atoms. The maximum Gasteiger partial charge on any atom is 0.0569 e. The van der Waals surface area contributed by atoms with Gasteiger partial charge < -0.3 is 10.6 Å². The zero-order valence-corrected chi connectivity index (χ0v) is 11.6. The average molecular weight is 255 g/mol. The highest BCUT2D eigenvalue weighted by molar-refractivity contribution is 5.45. The van der Waals surface area contributed by atoms with Crippen LogP contribution in [0.25, 0.3) is 0 Å². The predicted molar refractivity (Wildman–Crippen MR) is 80.0 cm³/mol. The lowest BCUT2D eigenvalue weighted by atomic mass is 10.2. The van der Waals surface area contributed by atoms with E-state index in [-0.39, 0.29) is 6.04 Å². The first-order valence-electron chi connectivity index (χ1n) is 6.71. The van der Waals surface area contributed by atoms with Crippen LogP contribution in [-0.2, 0) is 6.54 Å². The average Bonchev–Trinajstić information content (AvgIpc) is 2.46. The number of rotatable bonds is 5. The fourth-order valence-corrected chi connectivity index (χ4v) is 2.04. The zero-order valence-electron chi connectivity index (χ0n) is 11.6. The fourth-order valence-electron chi connectivity index (χ4n) is 2.04. The summed E-state index contributed by atoms with van der Waals surface area (Å²) in [5.74, 6) is 0. The highest BCUT2D eigenvalue weighted by Crippen LogP contribution is 2.17. The third-order valence-electron chi connectivity index (χ3n) is 3.20. The van der Waals surface area contributed by atoms with Crippen molar-refractivity contribution in [1.82, 2.24) is 4.98 Å². The molecular weight excluding hydrogens is 234 g/mol. The third kappa shape index (κ3) is 3.55. The molecule has 0 amide bonds. The first kappa shape index (κ1) is 13.6. The number of hydrogen-bond donors (Lipinski definition) is 1. The summed E-state index contributed by atoms with van der Waals surface area (Å²) in [6.07, 6.45) is 1.91. The molecule has 2 aromatic rings. The van der Waals surface area contributed by atoms with Crippen LogP contribution in [0.4, 0.5) is 5.69 Å².